The van der Waals surface area contributed by atoms with Gasteiger partial charge in [-0.15, -0.1) is 0 Å². The fraction of sp³-hybridized carbons (Fsp3) is 0.833. The van der Waals surface area contributed by atoms with E-state index in [4.69, 9.17) is 0 Å². The van der Waals surface area contributed by atoms with Crippen LogP contribution in [0.4, 0.5) is 0 Å². The summed E-state index contributed by atoms with van der Waals surface area (Å²) in [5.41, 5.74) is 1.14. The first-order valence-electron chi connectivity index (χ1n) is 5.51. The van der Waals surface area contributed by atoms with Gasteiger partial charge in [0.25, 0.3) is 0 Å². The van der Waals surface area contributed by atoms with Crippen LogP contribution in [-0.4, -0.2) is 11.2 Å². The molecule has 0 saturated heterocycles. The van der Waals surface area contributed by atoms with E-state index in [1.165, 1.54) is 0 Å². The number of hydrogen-bond donors (Lipinski definition) is 1. The summed E-state index contributed by atoms with van der Waals surface area (Å²) in [6, 6.07) is 0. The first-order valence-corrected chi connectivity index (χ1v) is 5.51. The van der Waals surface area contributed by atoms with E-state index >= 15 is 0 Å². The Kier molecular flexibility index (Phi) is 6.97. The molecule has 1 heteroatoms. The molecule has 0 spiro atoms. The lowest BCUT2D eigenvalue weighted by atomic mass is 9.90. The number of hydrogen-bond acceptors (Lipinski definition) is 1. The molecule has 0 aromatic carbocycles. The van der Waals surface area contributed by atoms with E-state index in [1.54, 1.807) is 0 Å². The van der Waals surface area contributed by atoms with Gasteiger partial charge in [-0.25, -0.2) is 0 Å². The molecule has 78 valence electrons. The van der Waals surface area contributed by atoms with Crippen molar-refractivity contribution in [2.75, 3.05) is 0 Å². The lowest BCUT2D eigenvalue weighted by Crippen LogP contribution is -2.20. The summed E-state index contributed by atoms with van der Waals surface area (Å²) < 4.78 is 0. The lowest BCUT2D eigenvalue weighted by Gasteiger charge is -2.21. The Balaban J connectivity index is 4.18. The van der Waals surface area contributed by atoms with Gasteiger partial charge in [0.1, 0.15) is 0 Å². The molecule has 2 unspecified atom stereocenters. The number of aliphatic hydroxyl groups excluding tert-OH is 1. The van der Waals surface area contributed by atoms with Gasteiger partial charge in [0.15, 0.2) is 0 Å². The Morgan fingerprint density at radius 2 is 1.92 bits per heavy atom. The van der Waals surface area contributed by atoms with Crippen molar-refractivity contribution in [2.24, 2.45) is 5.92 Å². The largest absolute Gasteiger partial charge is 0.388 e. The van der Waals surface area contributed by atoms with Gasteiger partial charge in [0.05, 0.1) is 6.10 Å². The third-order valence-electron chi connectivity index (χ3n) is 2.62. The van der Waals surface area contributed by atoms with E-state index < -0.39 is 0 Å². The molecule has 0 aliphatic carbocycles. The fourth-order valence-corrected chi connectivity index (χ4v) is 1.77. The summed E-state index contributed by atoms with van der Waals surface area (Å²) in [6.07, 6.45) is 6.30. The molecule has 0 fully saturated rings. The molecular formula is C12H24O. The highest BCUT2D eigenvalue weighted by molar-refractivity contribution is 5.05. The minimum atomic E-state index is -0.218. The molecule has 0 aromatic rings. The molecule has 0 saturated carbocycles. The van der Waals surface area contributed by atoms with Gasteiger partial charge in [-0.05, 0) is 31.3 Å². The van der Waals surface area contributed by atoms with Gasteiger partial charge in [-0.3, -0.25) is 0 Å². The van der Waals surface area contributed by atoms with Crippen molar-refractivity contribution in [2.45, 2.75) is 59.5 Å². The van der Waals surface area contributed by atoms with Crippen molar-refractivity contribution < 1.29 is 5.11 Å². The highest BCUT2D eigenvalue weighted by Crippen LogP contribution is 2.21. The van der Waals surface area contributed by atoms with E-state index in [0.29, 0.717) is 5.92 Å². The molecule has 0 amide bonds. The van der Waals surface area contributed by atoms with Crippen LogP contribution in [0.1, 0.15) is 53.4 Å². The van der Waals surface area contributed by atoms with Crippen LogP contribution in [0.2, 0.25) is 0 Å². The van der Waals surface area contributed by atoms with Crippen molar-refractivity contribution in [1.29, 1.82) is 0 Å². The summed E-state index contributed by atoms with van der Waals surface area (Å²) in [6.45, 7) is 8.47. The second kappa shape index (κ2) is 7.14. The number of rotatable bonds is 6. The minimum Gasteiger partial charge on any atom is -0.388 e. The Morgan fingerprint density at radius 1 is 1.31 bits per heavy atom. The third-order valence-corrected chi connectivity index (χ3v) is 2.62. The first kappa shape index (κ1) is 12.7. The van der Waals surface area contributed by atoms with Crippen LogP contribution >= 0.6 is 0 Å². The van der Waals surface area contributed by atoms with Crippen molar-refractivity contribution >= 4 is 0 Å². The predicted molar refractivity (Wildman–Crippen MR) is 58.7 cm³/mol. The highest BCUT2D eigenvalue weighted by Gasteiger charge is 2.17. The zero-order valence-electron chi connectivity index (χ0n) is 9.51. The summed E-state index contributed by atoms with van der Waals surface area (Å²) in [5.74, 6) is 0.452. The highest BCUT2D eigenvalue weighted by atomic mass is 16.3. The van der Waals surface area contributed by atoms with E-state index in [-0.39, 0.29) is 6.10 Å². The molecular weight excluding hydrogens is 160 g/mol. The van der Waals surface area contributed by atoms with Crippen LogP contribution < -0.4 is 0 Å². The number of aliphatic hydroxyl groups is 1. The Morgan fingerprint density at radius 3 is 2.31 bits per heavy atom. The van der Waals surface area contributed by atoms with E-state index in [9.17, 15) is 5.11 Å². The van der Waals surface area contributed by atoms with Crippen molar-refractivity contribution in [3.05, 3.63) is 11.6 Å². The summed E-state index contributed by atoms with van der Waals surface area (Å²) in [4.78, 5) is 0. The average molecular weight is 184 g/mol. The van der Waals surface area contributed by atoms with E-state index in [1.807, 2.05) is 6.92 Å². The molecule has 2 atom stereocenters. The van der Waals surface area contributed by atoms with Gasteiger partial charge in [-0.2, -0.15) is 0 Å². The average Bonchev–Trinajstić information content (AvgIpc) is 2.13. The van der Waals surface area contributed by atoms with Crippen LogP contribution in [0.15, 0.2) is 11.6 Å². The zero-order valence-corrected chi connectivity index (χ0v) is 9.51. The molecule has 0 aromatic heterocycles. The normalized spacial score (nSPS) is 17.2. The van der Waals surface area contributed by atoms with Gasteiger partial charge in [-0.1, -0.05) is 39.7 Å². The van der Waals surface area contributed by atoms with Crippen molar-refractivity contribution in [3.63, 3.8) is 0 Å². The van der Waals surface area contributed by atoms with Crippen molar-refractivity contribution in [1.82, 2.24) is 0 Å². The van der Waals surface area contributed by atoms with Crippen LogP contribution in [-0.2, 0) is 0 Å². The SMILES string of the molecule is CCC=C(C)C(O)C(CC)CCC. The van der Waals surface area contributed by atoms with E-state index in [0.717, 1.165) is 31.3 Å². The van der Waals surface area contributed by atoms with Crippen LogP contribution in [0.3, 0.4) is 0 Å². The van der Waals surface area contributed by atoms with Crippen LogP contribution in [0.25, 0.3) is 0 Å². The van der Waals surface area contributed by atoms with Gasteiger partial charge < -0.3 is 5.11 Å². The molecule has 0 heterocycles. The maximum absolute atomic E-state index is 9.97. The smallest absolute Gasteiger partial charge is 0.0775 e. The van der Waals surface area contributed by atoms with Gasteiger partial charge in [0, 0.05) is 0 Å². The lowest BCUT2D eigenvalue weighted by molar-refractivity contribution is 0.131. The second-order valence-electron chi connectivity index (χ2n) is 3.76. The van der Waals surface area contributed by atoms with Crippen LogP contribution in [0.5, 0.6) is 0 Å². The summed E-state index contributed by atoms with van der Waals surface area (Å²) in [7, 11) is 0. The maximum Gasteiger partial charge on any atom is 0.0775 e. The Bertz CT molecular complexity index is 149. The van der Waals surface area contributed by atoms with Gasteiger partial charge in [0.2, 0.25) is 0 Å². The quantitative estimate of drug-likeness (QED) is 0.626. The minimum absolute atomic E-state index is 0.218. The monoisotopic (exact) mass is 184 g/mol. The zero-order chi connectivity index (χ0) is 10.3. The van der Waals surface area contributed by atoms with Gasteiger partial charge >= 0.3 is 0 Å². The fourth-order valence-electron chi connectivity index (χ4n) is 1.77. The molecule has 1 nitrogen and oxygen atoms in total. The second-order valence-corrected chi connectivity index (χ2v) is 3.76. The first-order chi connectivity index (χ1) is 6.17. The Labute approximate surface area is 82.9 Å². The molecule has 0 radical (unpaired) electrons. The third kappa shape index (κ3) is 4.47. The molecule has 13 heavy (non-hydrogen) atoms. The number of allylic oxidation sites excluding steroid dienone is 1. The Hall–Kier alpha value is -0.300. The summed E-state index contributed by atoms with van der Waals surface area (Å²) >= 11 is 0. The summed E-state index contributed by atoms with van der Waals surface area (Å²) in [5, 5.41) is 9.97. The molecule has 0 aliphatic heterocycles. The molecule has 0 bridgehead atoms. The topological polar surface area (TPSA) is 20.2 Å². The molecule has 0 aliphatic rings. The van der Waals surface area contributed by atoms with Crippen LogP contribution in [0, 0.1) is 5.92 Å². The maximum atomic E-state index is 9.97. The molecule has 1 N–H and O–H groups in total. The standard InChI is InChI=1S/C12H24O/c1-5-8-10(4)12(13)11(7-3)9-6-2/h8,11-13H,5-7,9H2,1-4H3. The van der Waals surface area contributed by atoms with Crippen molar-refractivity contribution in [3.8, 4) is 0 Å². The molecule has 0 rings (SSSR count). The predicted octanol–water partition coefficient (Wildman–Crippen LogP) is 3.53. The van der Waals surface area contributed by atoms with E-state index in [2.05, 4.69) is 26.8 Å².